The van der Waals surface area contributed by atoms with E-state index in [2.05, 4.69) is 19.9 Å². The van der Waals surface area contributed by atoms with Crippen LogP contribution in [0, 0.1) is 0 Å². The molecule has 7 nitrogen and oxygen atoms in total. The molecule has 1 fully saturated rings. The molecule has 0 spiro atoms. The third-order valence-electron chi connectivity index (χ3n) is 5.03. The molecular weight excluding hydrogens is 354 g/mol. The monoisotopic (exact) mass is 375 g/mol. The number of rotatable bonds is 4. The molecule has 142 valence electrons. The minimum Gasteiger partial charge on any atom is -0.342 e. The van der Waals surface area contributed by atoms with E-state index >= 15 is 0 Å². The average Bonchev–Trinajstić information content (AvgIpc) is 2.75. The number of aromatic amines is 1. The summed E-state index contributed by atoms with van der Waals surface area (Å²) in [6, 6.07) is 10.8. The lowest BCUT2D eigenvalue weighted by atomic mass is 9.95. The highest BCUT2D eigenvalue weighted by atomic mass is 16.2. The first kappa shape index (κ1) is 18.0. The molecule has 4 rings (SSSR count). The van der Waals surface area contributed by atoms with Crippen LogP contribution < -0.4 is 5.56 Å². The van der Waals surface area contributed by atoms with Gasteiger partial charge in [-0.2, -0.15) is 0 Å². The van der Waals surface area contributed by atoms with Gasteiger partial charge in [-0.3, -0.25) is 19.6 Å². The number of nitrogens with one attached hydrogen (secondary N) is 1. The number of H-pyrrole nitrogens is 1. The lowest BCUT2D eigenvalue weighted by molar-refractivity contribution is -0.131. The predicted molar refractivity (Wildman–Crippen MR) is 105 cm³/mol. The van der Waals surface area contributed by atoms with Gasteiger partial charge in [0.25, 0.3) is 5.56 Å². The Morgan fingerprint density at radius 2 is 1.89 bits per heavy atom. The van der Waals surface area contributed by atoms with Crippen molar-refractivity contribution in [2.75, 3.05) is 13.1 Å². The van der Waals surface area contributed by atoms with Crippen LogP contribution in [0.2, 0.25) is 0 Å². The molecule has 1 amide bonds. The molecule has 4 heterocycles. The maximum atomic E-state index is 12.5. The van der Waals surface area contributed by atoms with Crippen molar-refractivity contribution in [3.05, 3.63) is 76.9 Å². The van der Waals surface area contributed by atoms with E-state index in [1.54, 1.807) is 18.6 Å². The van der Waals surface area contributed by atoms with Crippen molar-refractivity contribution < 1.29 is 4.79 Å². The Balaban J connectivity index is 1.43. The summed E-state index contributed by atoms with van der Waals surface area (Å²) >= 11 is 0. The number of pyridine rings is 2. The molecule has 0 aromatic carbocycles. The van der Waals surface area contributed by atoms with Gasteiger partial charge in [0, 0.05) is 54.9 Å². The van der Waals surface area contributed by atoms with Crippen LogP contribution in [0.15, 0.2) is 59.8 Å². The molecule has 7 heteroatoms. The van der Waals surface area contributed by atoms with E-state index in [9.17, 15) is 9.59 Å². The molecule has 1 aliphatic rings. The summed E-state index contributed by atoms with van der Waals surface area (Å²) in [4.78, 5) is 42.3. The summed E-state index contributed by atoms with van der Waals surface area (Å²) in [7, 11) is 0. The molecule has 0 aliphatic carbocycles. The Hall–Kier alpha value is -3.35. The first-order chi connectivity index (χ1) is 13.7. The molecule has 0 unspecified atom stereocenters. The fraction of sp³-hybridized carbons (Fsp3) is 0.286. The summed E-state index contributed by atoms with van der Waals surface area (Å²) in [5, 5.41) is 0. The Morgan fingerprint density at radius 3 is 2.61 bits per heavy atom. The Morgan fingerprint density at radius 1 is 1.11 bits per heavy atom. The van der Waals surface area contributed by atoms with Crippen LogP contribution in [0.4, 0.5) is 0 Å². The smallest absolute Gasteiger partial charge is 0.251 e. The van der Waals surface area contributed by atoms with Crippen LogP contribution in [-0.2, 0) is 11.2 Å². The van der Waals surface area contributed by atoms with E-state index in [1.165, 1.54) is 6.07 Å². The molecular formula is C21H21N5O2. The summed E-state index contributed by atoms with van der Waals surface area (Å²) < 4.78 is 0. The van der Waals surface area contributed by atoms with Crippen molar-refractivity contribution >= 4 is 5.91 Å². The number of piperidine rings is 1. The van der Waals surface area contributed by atoms with Gasteiger partial charge in [0.1, 0.15) is 5.82 Å². The van der Waals surface area contributed by atoms with E-state index in [1.807, 2.05) is 35.2 Å². The van der Waals surface area contributed by atoms with Gasteiger partial charge in [0.2, 0.25) is 5.91 Å². The fourth-order valence-electron chi connectivity index (χ4n) is 3.51. The summed E-state index contributed by atoms with van der Waals surface area (Å²) in [5.74, 6) is 0.911. The Labute approximate surface area is 162 Å². The molecule has 3 aromatic rings. The Kier molecular flexibility index (Phi) is 5.23. The highest BCUT2D eigenvalue weighted by Gasteiger charge is 2.25. The van der Waals surface area contributed by atoms with Gasteiger partial charge in [0.15, 0.2) is 0 Å². The zero-order valence-electron chi connectivity index (χ0n) is 15.4. The Bertz CT molecular complexity index is 996. The topological polar surface area (TPSA) is 91.8 Å². The minimum absolute atomic E-state index is 0.0872. The van der Waals surface area contributed by atoms with Crippen molar-refractivity contribution in [3.8, 4) is 11.3 Å². The first-order valence-electron chi connectivity index (χ1n) is 9.38. The number of amides is 1. The normalized spacial score (nSPS) is 14.8. The molecule has 1 aliphatic heterocycles. The van der Waals surface area contributed by atoms with Crippen LogP contribution in [-0.4, -0.2) is 43.8 Å². The van der Waals surface area contributed by atoms with Crippen LogP contribution in [0.3, 0.4) is 0 Å². The number of nitrogens with zero attached hydrogens (tertiary/aromatic N) is 4. The zero-order chi connectivity index (χ0) is 19.3. The van der Waals surface area contributed by atoms with E-state index in [4.69, 9.17) is 0 Å². The second kappa shape index (κ2) is 8.12. The molecule has 1 saturated heterocycles. The maximum Gasteiger partial charge on any atom is 0.251 e. The number of likely N-dealkylation sites (tertiary alicyclic amines) is 1. The second-order valence-electron chi connectivity index (χ2n) is 6.90. The fourth-order valence-corrected chi connectivity index (χ4v) is 3.51. The molecule has 0 radical (unpaired) electrons. The average molecular weight is 375 g/mol. The van der Waals surface area contributed by atoms with Crippen LogP contribution >= 0.6 is 0 Å². The van der Waals surface area contributed by atoms with Gasteiger partial charge in [-0.05, 0) is 37.1 Å². The van der Waals surface area contributed by atoms with E-state index in [0.29, 0.717) is 31.0 Å². The van der Waals surface area contributed by atoms with Crippen molar-refractivity contribution in [1.29, 1.82) is 0 Å². The standard InChI is InChI=1S/C21H21N5O2/c27-19-14-18(15-4-9-22-10-5-15)24-21(25-19)16-6-11-26(12-7-16)20(28)13-17-3-1-2-8-23-17/h1-5,8-10,14,16H,6-7,11-13H2,(H,24,25,27). The van der Waals surface area contributed by atoms with Gasteiger partial charge >= 0.3 is 0 Å². The molecule has 1 N–H and O–H groups in total. The van der Waals surface area contributed by atoms with Gasteiger partial charge in [-0.1, -0.05) is 6.07 Å². The van der Waals surface area contributed by atoms with Crippen molar-refractivity contribution in [2.45, 2.75) is 25.2 Å². The van der Waals surface area contributed by atoms with Gasteiger partial charge in [0.05, 0.1) is 12.1 Å². The lowest BCUT2D eigenvalue weighted by Crippen LogP contribution is -2.39. The SMILES string of the molecule is O=C(Cc1ccccn1)N1CCC(c2nc(-c3ccncc3)cc(=O)[nH]2)CC1. The third kappa shape index (κ3) is 4.14. The van der Waals surface area contributed by atoms with E-state index in [-0.39, 0.29) is 17.4 Å². The second-order valence-corrected chi connectivity index (χ2v) is 6.90. The van der Waals surface area contributed by atoms with Crippen molar-refractivity contribution in [3.63, 3.8) is 0 Å². The summed E-state index contributed by atoms with van der Waals surface area (Å²) in [5.41, 5.74) is 2.14. The van der Waals surface area contributed by atoms with Crippen LogP contribution in [0.25, 0.3) is 11.3 Å². The predicted octanol–water partition coefficient (Wildman–Crippen LogP) is 2.18. The molecule has 0 atom stereocenters. The number of hydrogen-bond acceptors (Lipinski definition) is 5. The number of carbonyl (C=O) groups excluding carboxylic acids is 1. The van der Waals surface area contributed by atoms with Crippen LogP contribution in [0.1, 0.15) is 30.3 Å². The zero-order valence-corrected chi connectivity index (χ0v) is 15.4. The third-order valence-corrected chi connectivity index (χ3v) is 5.03. The summed E-state index contributed by atoms with van der Waals surface area (Å²) in [6.45, 7) is 1.30. The van der Waals surface area contributed by atoms with E-state index in [0.717, 1.165) is 24.1 Å². The highest BCUT2D eigenvalue weighted by Crippen LogP contribution is 2.26. The van der Waals surface area contributed by atoms with E-state index < -0.39 is 0 Å². The number of carbonyl (C=O) groups is 1. The van der Waals surface area contributed by atoms with Gasteiger partial charge in [-0.15, -0.1) is 0 Å². The number of aromatic nitrogens is 4. The quantitative estimate of drug-likeness (QED) is 0.755. The first-order valence-corrected chi connectivity index (χ1v) is 9.38. The highest BCUT2D eigenvalue weighted by molar-refractivity contribution is 5.78. The number of hydrogen-bond donors (Lipinski definition) is 1. The molecule has 28 heavy (non-hydrogen) atoms. The summed E-state index contributed by atoms with van der Waals surface area (Å²) in [6.07, 6.45) is 6.94. The van der Waals surface area contributed by atoms with Crippen molar-refractivity contribution in [1.82, 2.24) is 24.8 Å². The van der Waals surface area contributed by atoms with Crippen LogP contribution in [0.5, 0.6) is 0 Å². The minimum atomic E-state index is -0.162. The van der Waals surface area contributed by atoms with Gasteiger partial charge < -0.3 is 9.88 Å². The lowest BCUT2D eigenvalue weighted by Gasteiger charge is -2.31. The largest absolute Gasteiger partial charge is 0.342 e. The maximum absolute atomic E-state index is 12.5. The molecule has 3 aromatic heterocycles. The molecule has 0 bridgehead atoms. The molecule has 0 saturated carbocycles. The van der Waals surface area contributed by atoms with Gasteiger partial charge in [-0.25, -0.2) is 4.98 Å². The van der Waals surface area contributed by atoms with Crippen molar-refractivity contribution in [2.24, 2.45) is 0 Å².